The Morgan fingerprint density at radius 1 is 1.02 bits per heavy atom. The van der Waals surface area contributed by atoms with Crippen molar-refractivity contribution in [3.8, 4) is 10.4 Å². The second-order valence-corrected chi connectivity index (χ2v) is 13.2. The van der Waals surface area contributed by atoms with Crippen LogP contribution in [0.3, 0.4) is 0 Å². The zero-order valence-corrected chi connectivity index (χ0v) is 26.4. The Labute approximate surface area is 253 Å². The van der Waals surface area contributed by atoms with Crippen LogP contribution in [-0.4, -0.2) is 57.3 Å². The number of amides is 3. The van der Waals surface area contributed by atoms with Gasteiger partial charge in [-0.15, -0.1) is 11.3 Å². The number of likely N-dealkylation sites (tertiary alicyclic amines) is 1. The monoisotopic (exact) mass is 598 g/mol. The number of aryl methyl sites for hydroxylation is 1. The lowest BCUT2D eigenvalue weighted by molar-refractivity contribution is -0.144. The third kappa shape index (κ3) is 9.37. The fraction of sp³-hybridized carbons (Fsp3) is 0.594. The fourth-order valence-corrected chi connectivity index (χ4v) is 6.15. The third-order valence-corrected chi connectivity index (χ3v) is 8.81. The molecule has 0 saturated carbocycles. The molecule has 1 saturated heterocycles. The first-order valence-corrected chi connectivity index (χ1v) is 15.9. The molecule has 10 heteroatoms. The van der Waals surface area contributed by atoms with Gasteiger partial charge >= 0.3 is 5.97 Å². The summed E-state index contributed by atoms with van der Waals surface area (Å²) in [7, 11) is 0. The molecular formula is C32H46N4O5S. The Balaban J connectivity index is 1.55. The molecule has 0 aliphatic carbocycles. The molecule has 0 spiro atoms. The van der Waals surface area contributed by atoms with Crippen LogP contribution in [0.15, 0.2) is 29.8 Å². The highest BCUT2D eigenvalue weighted by molar-refractivity contribution is 7.13. The topological polar surface area (TPSA) is 129 Å². The van der Waals surface area contributed by atoms with Crippen molar-refractivity contribution >= 4 is 35.0 Å². The average molecular weight is 599 g/mol. The number of nitrogens with zero attached hydrogens (tertiary/aromatic N) is 2. The lowest BCUT2D eigenvalue weighted by Gasteiger charge is -2.35. The molecular weight excluding hydrogens is 552 g/mol. The molecule has 1 aliphatic heterocycles. The first kappa shape index (κ1) is 33.2. The van der Waals surface area contributed by atoms with E-state index in [0.717, 1.165) is 47.4 Å². The van der Waals surface area contributed by atoms with Gasteiger partial charge in [-0.3, -0.25) is 19.2 Å². The van der Waals surface area contributed by atoms with E-state index < -0.39 is 23.5 Å². The van der Waals surface area contributed by atoms with Gasteiger partial charge in [0.1, 0.15) is 12.1 Å². The van der Waals surface area contributed by atoms with Crippen LogP contribution in [0.1, 0.15) is 103 Å². The highest BCUT2D eigenvalue weighted by Gasteiger charge is 2.42. The molecule has 3 atom stereocenters. The molecule has 42 heavy (non-hydrogen) atoms. The number of aliphatic carboxylic acids is 1. The first-order chi connectivity index (χ1) is 19.9. The predicted molar refractivity (Wildman–Crippen MR) is 165 cm³/mol. The van der Waals surface area contributed by atoms with Gasteiger partial charge in [-0.05, 0) is 56.1 Å². The third-order valence-electron chi connectivity index (χ3n) is 7.83. The summed E-state index contributed by atoms with van der Waals surface area (Å²) in [6, 6.07) is 6.56. The van der Waals surface area contributed by atoms with E-state index in [2.05, 4.69) is 15.6 Å². The maximum atomic E-state index is 13.8. The van der Waals surface area contributed by atoms with Crippen molar-refractivity contribution in [3.63, 3.8) is 0 Å². The van der Waals surface area contributed by atoms with Crippen LogP contribution in [-0.2, 0) is 19.2 Å². The summed E-state index contributed by atoms with van der Waals surface area (Å²) in [6.45, 7) is 10.2. The number of carboxylic acid groups (broad SMARTS) is 1. The summed E-state index contributed by atoms with van der Waals surface area (Å²) in [5.41, 5.74) is 4.37. The van der Waals surface area contributed by atoms with E-state index in [0.29, 0.717) is 32.2 Å². The Morgan fingerprint density at radius 2 is 1.67 bits per heavy atom. The smallest absolute Gasteiger partial charge is 0.303 e. The number of aromatic nitrogens is 1. The SMILES string of the molecule is Cc1ncsc1-c1ccc(C(C)NC(=O)C2CCCN2C(=O)C(NC(=O)CCCCCCCC(=O)O)C(C)(C)C)cc1. The van der Waals surface area contributed by atoms with Gasteiger partial charge in [0.25, 0.3) is 0 Å². The minimum absolute atomic E-state index is 0.172. The van der Waals surface area contributed by atoms with Crippen molar-refractivity contribution in [3.05, 3.63) is 41.0 Å². The summed E-state index contributed by atoms with van der Waals surface area (Å²) in [6.07, 6.45) is 5.65. The molecule has 0 radical (unpaired) electrons. The van der Waals surface area contributed by atoms with E-state index in [9.17, 15) is 19.2 Å². The highest BCUT2D eigenvalue weighted by atomic mass is 32.1. The molecule has 3 rings (SSSR count). The van der Waals surface area contributed by atoms with Crippen molar-refractivity contribution < 1.29 is 24.3 Å². The van der Waals surface area contributed by atoms with Crippen LogP contribution < -0.4 is 10.6 Å². The maximum Gasteiger partial charge on any atom is 0.303 e. The summed E-state index contributed by atoms with van der Waals surface area (Å²) >= 11 is 1.60. The minimum Gasteiger partial charge on any atom is -0.481 e. The average Bonchev–Trinajstić information content (AvgIpc) is 3.59. The summed E-state index contributed by atoms with van der Waals surface area (Å²) < 4.78 is 0. The second-order valence-electron chi connectivity index (χ2n) is 12.3. The van der Waals surface area contributed by atoms with Gasteiger partial charge in [-0.1, -0.05) is 64.3 Å². The maximum absolute atomic E-state index is 13.8. The zero-order valence-electron chi connectivity index (χ0n) is 25.6. The number of nitrogens with one attached hydrogen (secondary N) is 2. The first-order valence-electron chi connectivity index (χ1n) is 15.0. The van der Waals surface area contributed by atoms with Crippen molar-refractivity contribution in [1.82, 2.24) is 20.5 Å². The second kappa shape index (κ2) is 15.3. The predicted octanol–water partition coefficient (Wildman–Crippen LogP) is 5.63. The number of thiazole rings is 1. The van der Waals surface area contributed by atoms with Crippen LogP contribution in [0.2, 0.25) is 0 Å². The van der Waals surface area contributed by atoms with Crippen LogP contribution in [0, 0.1) is 12.3 Å². The number of benzene rings is 1. The summed E-state index contributed by atoms with van der Waals surface area (Å²) in [5, 5.41) is 14.8. The van der Waals surface area contributed by atoms with Gasteiger partial charge in [0, 0.05) is 19.4 Å². The number of hydrogen-bond donors (Lipinski definition) is 3. The molecule has 1 fully saturated rings. The lowest BCUT2D eigenvalue weighted by atomic mass is 9.85. The van der Waals surface area contributed by atoms with Gasteiger partial charge in [0.05, 0.1) is 22.1 Å². The van der Waals surface area contributed by atoms with Crippen LogP contribution in [0.25, 0.3) is 10.4 Å². The van der Waals surface area contributed by atoms with Crippen molar-refractivity contribution in [2.75, 3.05) is 6.54 Å². The van der Waals surface area contributed by atoms with Gasteiger partial charge < -0.3 is 20.6 Å². The number of carboxylic acids is 1. The molecule has 2 heterocycles. The fourth-order valence-electron chi connectivity index (χ4n) is 5.34. The molecule has 0 bridgehead atoms. The molecule has 1 aromatic carbocycles. The number of unbranched alkanes of at least 4 members (excludes halogenated alkanes) is 4. The van der Waals surface area contributed by atoms with Crippen molar-refractivity contribution in [2.45, 2.75) is 111 Å². The molecule has 1 aliphatic rings. The van der Waals surface area contributed by atoms with E-state index in [1.807, 2.05) is 64.4 Å². The van der Waals surface area contributed by atoms with Crippen molar-refractivity contribution in [2.24, 2.45) is 5.41 Å². The van der Waals surface area contributed by atoms with Crippen molar-refractivity contribution in [1.29, 1.82) is 0 Å². The Hall–Kier alpha value is -3.27. The van der Waals surface area contributed by atoms with Gasteiger partial charge in [-0.25, -0.2) is 4.98 Å². The van der Waals surface area contributed by atoms with E-state index in [1.54, 1.807) is 16.2 Å². The van der Waals surface area contributed by atoms with Crippen LogP contribution >= 0.6 is 11.3 Å². The largest absolute Gasteiger partial charge is 0.481 e. The normalized spacial score (nSPS) is 16.6. The van der Waals surface area contributed by atoms with Gasteiger partial charge in [0.15, 0.2) is 0 Å². The Kier molecular flexibility index (Phi) is 12.1. The molecule has 9 nitrogen and oxygen atoms in total. The Morgan fingerprint density at radius 3 is 2.26 bits per heavy atom. The standard InChI is InChI=1S/C32H46N4O5S/c1-21(23-15-17-24(18-16-23)28-22(2)33-20-42-28)34-30(40)25-12-11-19-36(25)31(41)29(32(3,4)5)35-26(37)13-9-7-6-8-10-14-27(38)39/h15-18,20-21,25,29H,6-14,19H2,1-5H3,(H,34,40)(H,35,37)(H,38,39). The summed E-state index contributed by atoms with van der Waals surface area (Å²) in [4.78, 5) is 57.6. The highest BCUT2D eigenvalue weighted by Crippen LogP contribution is 2.29. The molecule has 3 N–H and O–H groups in total. The molecule has 2 aromatic rings. The van der Waals surface area contributed by atoms with E-state index >= 15 is 0 Å². The number of rotatable bonds is 14. The lowest BCUT2D eigenvalue weighted by Crippen LogP contribution is -2.57. The van der Waals surface area contributed by atoms with E-state index in [1.165, 1.54) is 0 Å². The number of carbonyl (C=O) groups is 4. The van der Waals surface area contributed by atoms with Crippen LogP contribution in [0.4, 0.5) is 0 Å². The minimum atomic E-state index is -0.785. The Bertz CT molecular complexity index is 1220. The molecule has 230 valence electrons. The number of carbonyl (C=O) groups excluding carboxylic acids is 3. The van der Waals surface area contributed by atoms with Crippen LogP contribution in [0.5, 0.6) is 0 Å². The van der Waals surface area contributed by atoms with Gasteiger partial charge in [-0.2, -0.15) is 0 Å². The molecule has 3 amide bonds. The van der Waals surface area contributed by atoms with E-state index in [4.69, 9.17) is 5.11 Å². The summed E-state index contributed by atoms with van der Waals surface area (Å²) in [5.74, 6) is -1.37. The molecule has 1 aromatic heterocycles. The van der Waals surface area contributed by atoms with E-state index in [-0.39, 0.29) is 30.2 Å². The molecule has 3 unspecified atom stereocenters. The number of hydrogen-bond acceptors (Lipinski definition) is 6. The van der Waals surface area contributed by atoms with Gasteiger partial charge in [0.2, 0.25) is 17.7 Å². The quantitative estimate of drug-likeness (QED) is 0.242. The zero-order chi connectivity index (χ0) is 30.9.